The first-order valence-corrected chi connectivity index (χ1v) is 7.68. The van der Waals surface area contributed by atoms with Gasteiger partial charge in [-0.05, 0) is 25.0 Å². The quantitative estimate of drug-likeness (QED) is 0.798. The van der Waals surface area contributed by atoms with Crippen molar-refractivity contribution in [2.75, 3.05) is 26.3 Å². The van der Waals surface area contributed by atoms with Crippen LogP contribution in [0.5, 0.6) is 0 Å². The summed E-state index contributed by atoms with van der Waals surface area (Å²) in [6, 6.07) is 3.76. The summed E-state index contributed by atoms with van der Waals surface area (Å²) in [6.07, 6.45) is 2.47. The molecule has 0 aliphatic carbocycles. The number of rotatable bonds is 6. The Bertz CT molecular complexity index is 533. The number of fused-ring (bicyclic) bond motifs is 1. The smallest absolute Gasteiger partial charge is 0.230 e. The molecule has 0 aromatic carbocycles. The van der Waals surface area contributed by atoms with Gasteiger partial charge in [0.15, 0.2) is 0 Å². The predicted molar refractivity (Wildman–Crippen MR) is 82.2 cm³/mol. The summed E-state index contributed by atoms with van der Waals surface area (Å²) >= 11 is 0. The summed E-state index contributed by atoms with van der Waals surface area (Å²) in [5.74, 6) is -0.507. The third kappa shape index (κ3) is 4.04. The van der Waals surface area contributed by atoms with Gasteiger partial charge in [0.2, 0.25) is 11.8 Å². The number of ether oxygens (including phenoxy) is 1. The summed E-state index contributed by atoms with van der Waals surface area (Å²) in [5.41, 5.74) is 1.72. The van der Waals surface area contributed by atoms with Crippen molar-refractivity contribution in [3.8, 4) is 0 Å². The average molecular weight is 305 g/mol. The lowest BCUT2D eigenvalue weighted by molar-refractivity contribution is -0.131. The van der Waals surface area contributed by atoms with Gasteiger partial charge in [-0.15, -0.1) is 0 Å². The largest absolute Gasteiger partial charge is 0.382 e. The van der Waals surface area contributed by atoms with Gasteiger partial charge in [0.05, 0.1) is 11.6 Å². The summed E-state index contributed by atoms with van der Waals surface area (Å²) < 4.78 is 5.25. The van der Waals surface area contributed by atoms with E-state index in [1.165, 1.54) is 6.92 Å². The molecule has 2 rings (SSSR count). The molecule has 1 aromatic heterocycles. The summed E-state index contributed by atoms with van der Waals surface area (Å²) in [7, 11) is 0. The molecule has 120 valence electrons. The number of amides is 2. The molecule has 0 saturated heterocycles. The van der Waals surface area contributed by atoms with E-state index >= 15 is 0 Å². The molecule has 1 aromatic rings. The summed E-state index contributed by atoms with van der Waals surface area (Å²) in [6.45, 7) is 6.26. The van der Waals surface area contributed by atoms with Crippen molar-refractivity contribution in [2.45, 2.75) is 32.7 Å². The van der Waals surface area contributed by atoms with Crippen molar-refractivity contribution in [2.24, 2.45) is 0 Å². The molecule has 1 N–H and O–H groups in total. The molecule has 22 heavy (non-hydrogen) atoms. The van der Waals surface area contributed by atoms with Gasteiger partial charge in [0.25, 0.3) is 0 Å². The van der Waals surface area contributed by atoms with Crippen molar-refractivity contribution in [3.63, 3.8) is 0 Å². The molecule has 1 aliphatic heterocycles. The third-order valence-electron chi connectivity index (χ3n) is 3.75. The van der Waals surface area contributed by atoms with Gasteiger partial charge in [-0.3, -0.25) is 14.6 Å². The fourth-order valence-corrected chi connectivity index (χ4v) is 2.58. The normalized spacial score (nSPS) is 17.0. The van der Waals surface area contributed by atoms with E-state index in [9.17, 15) is 9.59 Å². The first-order valence-electron chi connectivity index (χ1n) is 7.68. The topological polar surface area (TPSA) is 71.5 Å². The maximum absolute atomic E-state index is 12.4. The molecule has 0 spiro atoms. The summed E-state index contributed by atoms with van der Waals surface area (Å²) in [4.78, 5) is 30.1. The lowest BCUT2D eigenvalue weighted by Gasteiger charge is -2.32. The van der Waals surface area contributed by atoms with Gasteiger partial charge >= 0.3 is 0 Å². The SMILES string of the molecule is CCOCCCNC(=O)C1CN(C(C)=O)Cc2cccnc21. The lowest BCUT2D eigenvalue weighted by atomic mass is 9.94. The predicted octanol–water partition coefficient (Wildman–Crippen LogP) is 1.07. The fraction of sp³-hybridized carbons (Fsp3) is 0.562. The number of pyridine rings is 1. The van der Waals surface area contributed by atoms with E-state index in [0.717, 1.165) is 17.7 Å². The van der Waals surface area contributed by atoms with Crippen LogP contribution in [0.2, 0.25) is 0 Å². The van der Waals surface area contributed by atoms with Crippen LogP contribution in [0.15, 0.2) is 18.3 Å². The van der Waals surface area contributed by atoms with Crippen molar-refractivity contribution >= 4 is 11.8 Å². The minimum Gasteiger partial charge on any atom is -0.382 e. The molecule has 6 heteroatoms. The average Bonchev–Trinajstić information content (AvgIpc) is 2.53. The lowest BCUT2D eigenvalue weighted by Crippen LogP contribution is -2.43. The Morgan fingerprint density at radius 3 is 3.05 bits per heavy atom. The molecule has 1 aliphatic rings. The van der Waals surface area contributed by atoms with Crippen LogP contribution in [0.4, 0.5) is 0 Å². The standard InChI is InChI=1S/C16H23N3O3/c1-3-22-9-5-8-18-16(21)14-11-19(12(2)20)10-13-6-4-7-17-15(13)14/h4,6-7,14H,3,5,8-11H2,1-2H3,(H,18,21). The molecular formula is C16H23N3O3. The van der Waals surface area contributed by atoms with Gasteiger partial charge in [0, 0.05) is 46.0 Å². The Morgan fingerprint density at radius 1 is 1.50 bits per heavy atom. The first kappa shape index (κ1) is 16.4. The number of nitrogens with one attached hydrogen (secondary N) is 1. The molecule has 2 amide bonds. The highest BCUT2D eigenvalue weighted by Gasteiger charge is 2.32. The van der Waals surface area contributed by atoms with Crippen LogP contribution < -0.4 is 5.32 Å². The second-order valence-corrected chi connectivity index (χ2v) is 5.34. The zero-order valence-electron chi connectivity index (χ0n) is 13.2. The van der Waals surface area contributed by atoms with Gasteiger partial charge in [-0.1, -0.05) is 6.07 Å². The van der Waals surface area contributed by atoms with E-state index in [-0.39, 0.29) is 11.8 Å². The van der Waals surface area contributed by atoms with Gasteiger partial charge < -0.3 is 15.0 Å². The molecule has 0 fully saturated rings. The van der Waals surface area contributed by atoms with Crippen LogP contribution in [-0.4, -0.2) is 48.0 Å². The van der Waals surface area contributed by atoms with E-state index in [1.807, 2.05) is 19.1 Å². The van der Waals surface area contributed by atoms with E-state index in [2.05, 4.69) is 10.3 Å². The number of hydrogen-bond donors (Lipinski definition) is 1. The maximum Gasteiger partial charge on any atom is 0.230 e. The molecular weight excluding hydrogens is 282 g/mol. The number of nitrogens with zero attached hydrogens (tertiary/aromatic N) is 2. The zero-order valence-corrected chi connectivity index (χ0v) is 13.2. The fourth-order valence-electron chi connectivity index (χ4n) is 2.58. The highest BCUT2D eigenvalue weighted by Crippen LogP contribution is 2.26. The Balaban J connectivity index is 2.01. The third-order valence-corrected chi connectivity index (χ3v) is 3.75. The van der Waals surface area contributed by atoms with Crippen LogP contribution in [0, 0.1) is 0 Å². The minimum atomic E-state index is -0.402. The number of aromatic nitrogens is 1. The Morgan fingerprint density at radius 2 is 2.32 bits per heavy atom. The van der Waals surface area contributed by atoms with E-state index in [0.29, 0.717) is 32.8 Å². The number of carbonyl (C=O) groups is 2. The van der Waals surface area contributed by atoms with Crippen molar-refractivity contribution < 1.29 is 14.3 Å². The second-order valence-electron chi connectivity index (χ2n) is 5.34. The van der Waals surface area contributed by atoms with Crippen LogP contribution in [0.25, 0.3) is 0 Å². The van der Waals surface area contributed by atoms with E-state index in [1.54, 1.807) is 11.1 Å². The first-order chi connectivity index (χ1) is 10.6. The number of carbonyl (C=O) groups excluding carboxylic acids is 2. The van der Waals surface area contributed by atoms with Gasteiger partial charge in [-0.25, -0.2) is 0 Å². The molecule has 6 nitrogen and oxygen atoms in total. The molecule has 1 unspecified atom stereocenters. The molecule has 2 heterocycles. The second kappa shape index (κ2) is 7.89. The van der Waals surface area contributed by atoms with Crippen molar-refractivity contribution in [1.82, 2.24) is 15.2 Å². The van der Waals surface area contributed by atoms with Gasteiger partial charge in [-0.2, -0.15) is 0 Å². The zero-order chi connectivity index (χ0) is 15.9. The van der Waals surface area contributed by atoms with E-state index in [4.69, 9.17) is 4.74 Å². The Hall–Kier alpha value is -1.95. The Kier molecular flexibility index (Phi) is 5.89. The van der Waals surface area contributed by atoms with Crippen molar-refractivity contribution in [1.29, 1.82) is 0 Å². The number of hydrogen-bond acceptors (Lipinski definition) is 4. The van der Waals surface area contributed by atoms with Crippen LogP contribution in [0.1, 0.15) is 37.4 Å². The monoisotopic (exact) mass is 305 g/mol. The molecule has 1 atom stereocenters. The van der Waals surface area contributed by atoms with Crippen molar-refractivity contribution in [3.05, 3.63) is 29.6 Å². The van der Waals surface area contributed by atoms with Crippen LogP contribution in [-0.2, 0) is 20.9 Å². The molecule has 0 bridgehead atoms. The van der Waals surface area contributed by atoms with Gasteiger partial charge in [0.1, 0.15) is 0 Å². The highest BCUT2D eigenvalue weighted by atomic mass is 16.5. The minimum absolute atomic E-state index is 0.0244. The highest BCUT2D eigenvalue weighted by molar-refractivity contribution is 5.85. The van der Waals surface area contributed by atoms with Crippen LogP contribution >= 0.6 is 0 Å². The molecule has 0 saturated carbocycles. The Labute approximate surface area is 130 Å². The maximum atomic E-state index is 12.4. The van der Waals surface area contributed by atoms with E-state index < -0.39 is 5.92 Å². The van der Waals surface area contributed by atoms with Crippen LogP contribution in [0.3, 0.4) is 0 Å². The molecule has 0 radical (unpaired) electrons. The summed E-state index contributed by atoms with van der Waals surface area (Å²) in [5, 5.41) is 2.91.